The molecule has 0 aliphatic carbocycles. The SMILES string of the molecule is CC1CC(c2n[nH]cc2N)CCO1. The standard InChI is InChI=1S/C9H15N3O/c1-6-4-7(2-3-13-6)9-8(10)5-11-12-9/h5-7H,2-4,10H2,1H3,(H,11,12). The molecule has 2 heterocycles. The molecule has 13 heavy (non-hydrogen) atoms. The van der Waals surface area contributed by atoms with Crippen LogP contribution in [0, 0.1) is 0 Å². The maximum atomic E-state index is 5.78. The molecule has 0 radical (unpaired) electrons. The molecule has 2 atom stereocenters. The van der Waals surface area contributed by atoms with Crippen molar-refractivity contribution in [1.29, 1.82) is 0 Å². The minimum absolute atomic E-state index is 0.329. The number of H-pyrrole nitrogens is 1. The van der Waals surface area contributed by atoms with Gasteiger partial charge in [0.05, 0.1) is 17.5 Å². The van der Waals surface area contributed by atoms with Gasteiger partial charge in [-0.05, 0) is 19.8 Å². The molecule has 1 aromatic rings. The van der Waals surface area contributed by atoms with Crippen LogP contribution in [-0.2, 0) is 4.74 Å². The Hall–Kier alpha value is -1.03. The zero-order valence-corrected chi connectivity index (χ0v) is 7.79. The normalized spacial score (nSPS) is 29.0. The second kappa shape index (κ2) is 3.38. The molecule has 4 nitrogen and oxygen atoms in total. The van der Waals surface area contributed by atoms with Crippen LogP contribution in [-0.4, -0.2) is 22.9 Å². The number of aromatic nitrogens is 2. The molecule has 2 unspecified atom stereocenters. The number of anilines is 1. The van der Waals surface area contributed by atoms with Gasteiger partial charge in [0.1, 0.15) is 0 Å². The average molecular weight is 181 g/mol. The molecule has 0 amide bonds. The van der Waals surface area contributed by atoms with Crippen molar-refractivity contribution in [1.82, 2.24) is 10.2 Å². The number of aromatic amines is 1. The Kier molecular flexibility index (Phi) is 2.22. The van der Waals surface area contributed by atoms with Gasteiger partial charge in [-0.15, -0.1) is 0 Å². The number of nitrogens with one attached hydrogen (secondary N) is 1. The third kappa shape index (κ3) is 1.67. The van der Waals surface area contributed by atoms with E-state index in [-0.39, 0.29) is 0 Å². The van der Waals surface area contributed by atoms with Gasteiger partial charge in [-0.1, -0.05) is 0 Å². The second-order valence-corrected chi connectivity index (χ2v) is 3.63. The maximum Gasteiger partial charge on any atom is 0.0883 e. The summed E-state index contributed by atoms with van der Waals surface area (Å²) < 4.78 is 5.47. The van der Waals surface area contributed by atoms with E-state index >= 15 is 0 Å². The highest BCUT2D eigenvalue weighted by Crippen LogP contribution is 2.31. The van der Waals surface area contributed by atoms with E-state index < -0.39 is 0 Å². The molecule has 0 bridgehead atoms. The van der Waals surface area contributed by atoms with Crippen molar-refractivity contribution < 1.29 is 4.74 Å². The number of nitrogens with two attached hydrogens (primary N) is 1. The van der Waals surface area contributed by atoms with E-state index in [0.29, 0.717) is 12.0 Å². The number of rotatable bonds is 1. The first-order chi connectivity index (χ1) is 6.27. The van der Waals surface area contributed by atoms with E-state index in [1.54, 1.807) is 6.20 Å². The lowest BCUT2D eigenvalue weighted by molar-refractivity contribution is 0.0181. The van der Waals surface area contributed by atoms with Crippen LogP contribution < -0.4 is 5.73 Å². The van der Waals surface area contributed by atoms with Crippen molar-refractivity contribution in [2.24, 2.45) is 0 Å². The Bertz CT molecular complexity index is 284. The first-order valence-electron chi connectivity index (χ1n) is 4.68. The Morgan fingerprint density at radius 2 is 2.54 bits per heavy atom. The summed E-state index contributed by atoms with van der Waals surface area (Å²) in [5, 5.41) is 6.96. The number of hydrogen-bond donors (Lipinski definition) is 2. The Morgan fingerprint density at radius 3 is 3.15 bits per heavy atom. The Morgan fingerprint density at radius 1 is 1.69 bits per heavy atom. The van der Waals surface area contributed by atoms with Crippen LogP contribution >= 0.6 is 0 Å². The van der Waals surface area contributed by atoms with Gasteiger partial charge in [-0.3, -0.25) is 5.10 Å². The van der Waals surface area contributed by atoms with Crippen molar-refractivity contribution in [2.45, 2.75) is 31.8 Å². The fraction of sp³-hybridized carbons (Fsp3) is 0.667. The van der Waals surface area contributed by atoms with E-state index in [4.69, 9.17) is 10.5 Å². The Balaban J connectivity index is 2.12. The molecule has 0 aromatic carbocycles. The lowest BCUT2D eigenvalue weighted by Gasteiger charge is -2.26. The van der Waals surface area contributed by atoms with Crippen LogP contribution in [0.3, 0.4) is 0 Å². The summed E-state index contributed by atoms with van der Waals surface area (Å²) in [5.74, 6) is 0.468. The van der Waals surface area contributed by atoms with Crippen LogP contribution in [0.25, 0.3) is 0 Å². The molecular formula is C9H15N3O. The van der Waals surface area contributed by atoms with Gasteiger partial charge >= 0.3 is 0 Å². The fourth-order valence-electron chi connectivity index (χ4n) is 1.88. The van der Waals surface area contributed by atoms with Gasteiger partial charge in [-0.25, -0.2) is 0 Å². The first-order valence-corrected chi connectivity index (χ1v) is 4.68. The molecule has 0 spiro atoms. The van der Waals surface area contributed by atoms with Gasteiger partial charge in [0.25, 0.3) is 0 Å². The molecule has 2 rings (SSSR count). The van der Waals surface area contributed by atoms with Gasteiger partial charge in [0.2, 0.25) is 0 Å². The molecule has 1 saturated heterocycles. The third-order valence-corrected chi connectivity index (χ3v) is 2.57. The smallest absolute Gasteiger partial charge is 0.0883 e. The highest BCUT2D eigenvalue weighted by atomic mass is 16.5. The largest absolute Gasteiger partial charge is 0.396 e. The van der Waals surface area contributed by atoms with E-state index in [0.717, 1.165) is 30.8 Å². The lowest BCUT2D eigenvalue weighted by atomic mass is 9.92. The predicted octanol–water partition coefficient (Wildman–Crippen LogP) is 1.27. The van der Waals surface area contributed by atoms with Gasteiger partial charge < -0.3 is 10.5 Å². The highest BCUT2D eigenvalue weighted by molar-refractivity contribution is 5.42. The van der Waals surface area contributed by atoms with Crippen LogP contribution in [0.2, 0.25) is 0 Å². The van der Waals surface area contributed by atoms with Crippen LogP contribution in [0.15, 0.2) is 6.20 Å². The summed E-state index contributed by atoms with van der Waals surface area (Å²) in [7, 11) is 0. The maximum absolute atomic E-state index is 5.78. The van der Waals surface area contributed by atoms with Crippen molar-refractivity contribution in [3.8, 4) is 0 Å². The number of nitrogens with zero attached hydrogens (tertiary/aromatic N) is 1. The summed E-state index contributed by atoms with van der Waals surface area (Å²) >= 11 is 0. The summed E-state index contributed by atoms with van der Waals surface area (Å²) in [4.78, 5) is 0. The van der Waals surface area contributed by atoms with Gasteiger partial charge in [0.15, 0.2) is 0 Å². The van der Waals surface area contributed by atoms with Crippen LogP contribution in [0.1, 0.15) is 31.4 Å². The molecule has 0 saturated carbocycles. The van der Waals surface area contributed by atoms with Crippen molar-refractivity contribution in [2.75, 3.05) is 12.3 Å². The molecule has 3 N–H and O–H groups in total. The van der Waals surface area contributed by atoms with Gasteiger partial charge in [-0.2, -0.15) is 5.10 Å². The second-order valence-electron chi connectivity index (χ2n) is 3.63. The fourth-order valence-corrected chi connectivity index (χ4v) is 1.88. The predicted molar refractivity (Wildman–Crippen MR) is 50.4 cm³/mol. The minimum Gasteiger partial charge on any atom is -0.396 e. The molecule has 1 fully saturated rings. The van der Waals surface area contributed by atoms with E-state index in [2.05, 4.69) is 17.1 Å². The highest BCUT2D eigenvalue weighted by Gasteiger charge is 2.23. The monoisotopic (exact) mass is 181 g/mol. The number of nitrogen functional groups attached to an aromatic ring is 1. The molecule has 4 heteroatoms. The summed E-state index contributed by atoms with van der Waals surface area (Å²) in [6.45, 7) is 2.91. The van der Waals surface area contributed by atoms with Crippen molar-refractivity contribution >= 4 is 5.69 Å². The van der Waals surface area contributed by atoms with Crippen LogP contribution in [0.4, 0.5) is 5.69 Å². The molecule has 72 valence electrons. The van der Waals surface area contributed by atoms with Gasteiger partial charge in [0, 0.05) is 18.7 Å². The Labute approximate surface area is 77.5 Å². The number of ether oxygens (including phenoxy) is 1. The zero-order chi connectivity index (χ0) is 9.26. The first kappa shape index (κ1) is 8.56. The van der Waals surface area contributed by atoms with Crippen LogP contribution in [0.5, 0.6) is 0 Å². The quantitative estimate of drug-likeness (QED) is 0.685. The van der Waals surface area contributed by atoms with E-state index in [1.807, 2.05) is 0 Å². The lowest BCUT2D eigenvalue weighted by Crippen LogP contribution is -2.22. The molecule has 1 aliphatic heterocycles. The average Bonchev–Trinajstić information content (AvgIpc) is 2.51. The summed E-state index contributed by atoms with van der Waals surface area (Å²) in [6.07, 6.45) is 4.12. The summed E-state index contributed by atoms with van der Waals surface area (Å²) in [5.41, 5.74) is 7.57. The zero-order valence-electron chi connectivity index (χ0n) is 7.79. The van der Waals surface area contributed by atoms with E-state index in [1.165, 1.54) is 0 Å². The number of hydrogen-bond acceptors (Lipinski definition) is 3. The molecular weight excluding hydrogens is 166 g/mol. The minimum atomic E-state index is 0.329. The topological polar surface area (TPSA) is 63.9 Å². The van der Waals surface area contributed by atoms with E-state index in [9.17, 15) is 0 Å². The molecule has 1 aromatic heterocycles. The summed E-state index contributed by atoms with van der Waals surface area (Å²) in [6, 6.07) is 0. The molecule has 1 aliphatic rings. The van der Waals surface area contributed by atoms with Crippen molar-refractivity contribution in [3.63, 3.8) is 0 Å². The van der Waals surface area contributed by atoms with Crippen molar-refractivity contribution in [3.05, 3.63) is 11.9 Å². The third-order valence-electron chi connectivity index (χ3n) is 2.57.